The molecule has 0 aliphatic carbocycles. The Balaban J connectivity index is 1.52. The van der Waals surface area contributed by atoms with Crippen LogP contribution in [0.3, 0.4) is 0 Å². The summed E-state index contributed by atoms with van der Waals surface area (Å²) in [5, 5.41) is 4.14. The van der Waals surface area contributed by atoms with Crippen LogP contribution in [-0.4, -0.2) is 20.3 Å². The van der Waals surface area contributed by atoms with E-state index in [4.69, 9.17) is 14.2 Å². The molecule has 0 amide bonds. The SMILES string of the molecule is COc1ccc2c(OCCc3ccccc3)c3ccccc3c(OCCc3ccccc3)c2c1. The van der Waals surface area contributed by atoms with E-state index in [0.29, 0.717) is 13.2 Å². The molecule has 0 saturated carbocycles. The van der Waals surface area contributed by atoms with Gasteiger partial charge in [-0.05, 0) is 29.3 Å². The molecule has 0 saturated heterocycles. The Kier molecular flexibility index (Phi) is 6.62. The summed E-state index contributed by atoms with van der Waals surface area (Å²) in [7, 11) is 1.69. The van der Waals surface area contributed by atoms with Crippen LogP contribution in [0.25, 0.3) is 21.5 Å². The van der Waals surface area contributed by atoms with Gasteiger partial charge in [0.25, 0.3) is 0 Å². The minimum absolute atomic E-state index is 0.592. The van der Waals surface area contributed by atoms with E-state index in [9.17, 15) is 0 Å². The molecule has 5 aromatic rings. The molecular weight excluding hydrogens is 420 g/mol. The summed E-state index contributed by atoms with van der Waals surface area (Å²) < 4.78 is 18.4. The average molecular weight is 449 g/mol. The van der Waals surface area contributed by atoms with Gasteiger partial charge in [-0.15, -0.1) is 0 Å². The van der Waals surface area contributed by atoms with Crippen molar-refractivity contribution in [2.45, 2.75) is 12.8 Å². The Morgan fingerprint density at radius 1 is 0.500 bits per heavy atom. The van der Waals surface area contributed by atoms with Gasteiger partial charge in [0.2, 0.25) is 0 Å². The number of hydrogen-bond donors (Lipinski definition) is 0. The fourth-order valence-electron chi connectivity index (χ4n) is 4.35. The first-order chi connectivity index (χ1) is 16.8. The van der Waals surface area contributed by atoms with E-state index in [1.807, 2.05) is 30.3 Å². The first-order valence-electron chi connectivity index (χ1n) is 11.7. The molecule has 0 N–H and O–H groups in total. The summed E-state index contributed by atoms with van der Waals surface area (Å²) in [5.41, 5.74) is 2.52. The first-order valence-corrected chi connectivity index (χ1v) is 11.7. The summed E-state index contributed by atoms with van der Waals surface area (Å²) in [6, 6.07) is 35.3. The highest BCUT2D eigenvalue weighted by atomic mass is 16.5. The summed E-state index contributed by atoms with van der Waals surface area (Å²) in [4.78, 5) is 0. The molecular formula is C31H28O3. The maximum Gasteiger partial charge on any atom is 0.135 e. The molecule has 0 spiro atoms. The van der Waals surface area contributed by atoms with Gasteiger partial charge in [-0.25, -0.2) is 0 Å². The largest absolute Gasteiger partial charge is 0.497 e. The van der Waals surface area contributed by atoms with E-state index in [1.165, 1.54) is 11.1 Å². The second kappa shape index (κ2) is 10.3. The van der Waals surface area contributed by atoms with E-state index in [1.54, 1.807) is 7.11 Å². The lowest BCUT2D eigenvalue weighted by Gasteiger charge is -2.18. The number of hydrogen-bond acceptors (Lipinski definition) is 3. The highest BCUT2D eigenvalue weighted by molar-refractivity contribution is 6.11. The molecule has 0 aromatic heterocycles. The van der Waals surface area contributed by atoms with Crippen molar-refractivity contribution < 1.29 is 14.2 Å². The number of fused-ring (bicyclic) bond motifs is 2. The summed E-state index contributed by atoms with van der Waals surface area (Å²) in [6.07, 6.45) is 1.69. The zero-order valence-corrected chi connectivity index (χ0v) is 19.4. The number of rotatable bonds is 9. The molecule has 0 aliphatic rings. The Bertz CT molecular complexity index is 1380. The van der Waals surface area contributed by atoms with Crippen molar-refractivity contribution in [2.24, 2.45) is 0 Å². The van der Waals surface area contributed by atoms with Crippen molar-refractivity contribution in [3.05, 3.63) is 114 Å². The van der Waals surface area contributed by atoms with Crippen LogP contribution in [0.5, 0.6) is 17.2 Å². The zero-order valence-electron chi connectivity index (χ0n) is 19.4. The number of benzene rings is 5. The molecule has 0 unspecified atom stereocenters. The molecule has 0 heterocycles. The molecule has 0 aliphatic heterocycles. The van der Waals surface area contributed by atoms with Crippen molar-refractivity contribution >= 4 is 21.5 Å². The van der Waals surface area contributed by atoms with Crippen molar-refractivity contribution in [1.29, 1.82) is 0 Å². The number of ether oxygens (including phenoxy) is 3. The van der Waals surface area contributed by atoms with Gasteiger partial charge in [0.05, 0.1) is 20.3 Å². The Hall–Kier alpha value is -3.98. The zero-order chi connectivity index (χ0) is 23.2. The van der Waals surface area contributed by atoms with Crippen molar-refractivity contribution in [3.63, 3.8) is 0 Å². The van der Waals surface area contributed by atoms with Crippen molar-refractivity contribution in [2.75, 3.05) is 20.3 Å². The standard InChI is InChI=1S/C31H28O3/c1-32-25-16-17-28-29(22-25)31(34-21-19-24-12-6-3-7-13-24)27-15-9-8-14-26(27)30(28)33-20-18-23-10-4-2-5-11-23/h2-17,22H,18-21H2,1H3. The lowest BCUT2D eigenvalue weighted by Crippen LogP contribution is -2.05. The smallest absolute Gasteiger partial charge is 0.135 e. The van der Waals surface area contributed by atoms with Crippen LogP contribution < -0.4 is 14.2 Å². The van der Waals surface area contributed by atoms with Crippen LogP contribution >= 0.6 is 0 Å². The summed E-state index contributed by atoms with van der Waals surface area (Å²) in [5.74, 6) is 2.56. The highest BCUT2D eigenvalue weighted by Gasteiger charge is 2.17. The molecule has 0 radical (unpaired) electrons. The number of methoxy groups -OCH3 is 1. The van der Waals surface area contributed by atoms with Crippen LogP contribution in [0, 0.1) is 0 Å². The average Bonchev–Trinajstić information content (AvgIpc) is 2.90. The molecule has 5 rings (SSSR count). The van der Waals surface area contributed by atoms with Gasteiger partial charge in [0, 0.05) is 34.4 Å². The molecule has 5 aromatic carbocycles. The van der Waals surface area contributed by atoms with Crippen molar-refractivity contribution in [3.8, 4) is 17.2 Å². The lowest BCUT2D eigenvalue weighted by molar-refractivity contribution is 0.324. The molecule has 34 heavy (non-hydrogen) atoms. The van der Waals surface area contributed by atoms with Crippen LogP contribution in [0.15, 0.2) is 103 Å². The molecule has 0 atom stereocenters. The van der Waals surface area contributed by atoms with Crippen LogP contribution in [0.2, 0.25) is 0 Å². The van der Waals surface area contributed by atoms with Crippen molar-refractivity contribution in [1.82, 2.24) is 0 Å². The fraction of sp³-hybridized carbons (Fsp3) is 0.161. The molecule has 0 bridgehead atoms. The normalized spacial score (nSPS) is 11.0. The maximum absolute atomic E-state index is 6.45. The predicted octanol–water partition coefficient (Wildman–Crippen LogP) is 7.24. The van der Waals surface area contributed by atoms with Gasteiger partial charge in [-0.2, -0.15) is 0 Å². The van der Waals surface area contributed by atoms with Gasteiger partial charge in [-0.1, -0.05) is 84.9 Å². The van der Waals surface area contributed by atoms with Gasteiger partial charge >= 0.3 is 0 Å². The summed E-state index contributed by atoms with van der Waals surface area (Å²) >= 11 is 0. The van der Waals surface area contributed by atoms with E-state index in [2.05, 4.69) is 72.8 Å². The fourth-order valence-corrected chi connectivity index (χ4v) is 4.35. The second-order valence-corrected chi connectivity index (χ2v) is 8.28. The Morgan fingerprint density at radius 3 is 1.50 bits per heavy atom. The minimum atomic E-state index is 0.592. The Morgan fingerprint density at radius 2 is 0.971 bits per heavy atom. The van der Waals surface area contributed by atoms with E-state index in [0.717, 1.165) is 51.6 Å². The highest BCUT2D eigenvalue weighted by Crippen LogP contribution is 2.44. The third-order valence-electron chi connectivity index (χ3n) is 6.09. The van der Waals surface area contributed by atoms with Gasteiger partial charge < -0.3 is 14.2 Å². The van der Waals surface area contributed by atoms with E-state index >= 15 is 0 Å². The van der Waals surface area contributed by atoms with Crippen LogP contribution in [-0.2, 0) is 12.8 Å². The molecule has 0 fully saturated rings. The second-order valence-electron chi connectivity index (χ2n) is 8.28. The van der Waals surface area contributed by atoms with Gasteiger partial charge in [0.15, 0.2) is 0 Å². The molecule has 170 valence electrons. The third kappa shape index (κ3) is 4.69. The van der Waals surface area contributed by atoms with Crippen LogP contribution in [0.1, 0.15) is 11.1 Å². The Labute approximate surface area is 200 Å². The third-order valence-corrected chi connectivity index (χ3v) is 6.09. The minimum Gasteiger partial charge on any atom is -0.497 e. The summed E-state index contributed by atoms with van der Waals surface area (Å²) in [6.45, 7) is 1.19. The van der Waals surface area contributed by atoms with E-state index in [-0.39, 0.29) is 0 Å². The molecule has 3 nitrogen and oxygen atoms in total. The van der Waals surface area contributed by atoms with Gasteiger partial charge in [0.1, 0.15) is 17.2 Å². The quantitative estimate of drug-likeness (QED) is 0.222. The monoisotopic (exact) mass is 448 g/mol. The van der Waals surface area contributed by atoms with Gasteiger partial charge in [-0.3, -0.25) is 0 Å². The lowest BCUT2D eigenvalue weighted by atomic mass is 10.00. The first kappa shape index (κ1) is 21.8. The topological polar surface area (TPSA) is 27.7 Å². The molecule has 3 heteroatoms. The predicted molar refractivity (Wildman–Crippen MR) is 139 cm³/mol. The maximum atomic E-state index is 6.45. The van der Waals surface area contributed by atoms with Crippen LogP contribution in [0.4, 0.5) is 0 Å². The van der Waals surface area contributed by atoms with E-state index < -0.39 is 0 Å².